The molecule has 19 heavy (non-hydrogen) atoms. The molecule has 1 aromatic carbocycles. The molecule has 0 aliphatic rings. The lowest BCUT2D eigenvalue weighted by Gasteiger charge is -2.05. The summed E-state index contributed by atoms with van der Waals surface area (Å²) in [6.45, 7) is 0. The van der Waals surface area contributed by atoms with Gasteiger partial charge in [-0.25, -0.2) is 4.79 Å². The van der Waals surface area contributed by atoms with Crippen LogP contribution in [0, 0.1) is 0 Å². The van der Waals surface area contributed by atoms with Crippen LogP contribution in [-0.4, -0.2) is 14.5 Å². The van der Waals surface area contributed by atoms with E-state index in [0.29, 0.717) is 10.2 Å². The lowest BCUT2D eigenvalue weighted by molar-refractivity contribution is 0.159. The summed E-state index contributed by atoms with van der Waals surface area (Å²) in [4.78, 5) is 23.6. The standard InChI is InChI=1S/C13H10N2O3S/c1-14-10-9(8-5-3-2-4-6-8)7-19-11(10)12(16)15(18)13(14)17/h2-7,18H,1H3. The van der Waals surface area contributed by atoms with E-state index in [1.807, 2.05) is 35.7 Å². The topological polar surface area (TPSA) is 64.2 Å². The first-order valence-electron chi connectivity index (χ1n) is 5.59. The van der Waals surface area contributed by atoms with E-state index in [9.17, 15) is 14.8 Å². The molecule has 3 rings (SSSR count). The van der Waals surface area contributed by atoms with E-state index in [4.69, 9.17) is 0 Å². The molecule has 0 saturated heterocycles. The van der Waals surface area contributed by atoms with Crippen LogP contribution in [0.5, 0.6) is 0 Å². The Bertz CT molecular complexity index is 875. The van der Waals surface area contributed by atoms with Gasteiger partial charge in [0.05, 0.1) is 5.52 Å². The molecule has 0 radical (unpaired) electrons. The van der Waals surface area contributed by atoms with Crippen LogP contribution in [0.1, 0.15) is 0 Å². The van der Waals surface area contributed by atoms with Crippen molar-refractivity contribution in [2.24, 2.45) is 7.05 Å². The maximum Gasteiger partial charge on any atom is 0.364 e. The number of nitrogens with zero attached hydrogens (tertiary/aromatic N) is 2. The van der Waals surface area contributed by atoms with Crippen LogP contribution in [0.3, 0.4) is 0 Å². The number of benzene rings is 1. The van der Waals surface area contributed by atoms with Gasteiger partial charge in [0, 0.05) is 18.0 Å². The fraction of sp³-hybridized carbons (Fsp3) is 0.0769. The summed E-state index contributed by atoms with van der Waals surface area (Å²) in [5.74, 6) is 0. The van der Waals surface area contributed by atoms with Gasteiger partial charge >= 0.3 is 11.2 Å². The molecule has 3 aromatic rings. The summed E-state index contributed by atoms with van der Waals surface area (Å²) >= 11 is 1.22. The lowest BCUT2D eigenvalue weighted by atomic mass is 10.1. The number of aromatic nitrogens is 2. The van der Waals surface area contributed by atoms with Crippen LogP contribution in [-0.2, 0) is 7.05 Å². The molecule has 0 saturated carbocycles. The van der Waals surface area contributed by atoms with Crippen LogP contribution in [0.25, 0.3) is 21.3 Å². The Labute approximate surface area is 111 Å². The molecule has 0 atom stereocenters. The van der Waals surface area contributed by atoms with Crippen molar-refractivity contribution < 1.29 is 5.21 Å². The summed E-state index contributed by atoms with van der Waals surface area (Å²) in [5, 5.41) is 11.3. The van der Waals surface area contributed by atoms with Crippen molar-refractivity contribution in [1.29, 1.82) is 0 Å². The second kappa shape index (κ2) is 4.10. The average molecular weight is 274 g/mol. The Morgan fingerprint density at radius 3 is 2.53 bits per heavy atom. The van der Waals surface area contributed by atoms with Gasteiger partial charge in [0.2, 0.25) is 0 Å². The number of fused-ring (bicyclic) bond motifs is 1. The minimum Gasteiger partial charge on any atom is -0.421 e. The molecule has 0 aliphatic heterocycles. The zero-order chi connectivity index (χ0) is 13.6. The summed E-state index contributed by atoms with van der Waals surface area (Å²) in [5.41, 5.74) is 0.881. The van der Waals surface area contributed by atoms with E-state index in [1.54, 1.807) is 0 Å². The third-order valence-corrected chi connectivity index (χ3v) is 4.00. The smallest absolute Gasteiger partial charge is 0.364 e. The third kappa shape index (κ3) is 1.61. The van der Waals surface area contributed by atoms with Crippen LogP contribution in [0.4, 0.5) is 0 Å². The second-order valence-corrected chi connectivity index (χ2v) is 5.03. The Hall–Kier alpha value is -2.34. The normalized spacial score (nSPS) is 11.0. The molecular weight excluding hydrogens is 264 g/mol. The lowest BCUT2D eigenvalue weighted by Crippen LogP contribution is -2.37. The second-order valence-electron chi connectivity index (χ2n) is 4.15. The summed E-state index contributed by atoms with van der Waals surface area (Å²) < 4.78 is 1.80. The minimum absolute atomic E-state index is 0.146. The average Bonchev–Trinajstić information content (AvgIpc) is 2.88. The molecule has 6 heteroatoms. The van der Waals surface area contributed by atoms with E-state index < -0.39 is 11.2 Å². The van der Waals surface area contributed by atoms with Gasteiger partial charge in [-0.3, -0.25) is 9.36 Å². The van der Waals surface area contributed by atoms with Crippen LogP contribution < -0.4 is 11.2 Å². The molecule has 0 spiro atoms. The monoisotopic (exact) mass is 274 g/mol. The first kappa shape index (κ1) is 11.7. The number of hydrogen-bond donors (Lipinski definition) is 1. The van der Waals surface area contributed by atoms with Crippen LogP contribution >= 0.6 is 11.3 Å². The van der Waals surface area contributed by atoms with Crippen molar-refractivity contribution in [3.63, 3.8) is 0 Å². The molecule has 2 aromatic heterocycles. The summed E-state index contributed by atoms with van der Waals surface area (Å²) in [7, 11) is 1.54. The first-order valence-corrected chi connectivity index (χ1v) is 6.47. The molecule has 0 amide bonds. The first-order chi connectivity index (χ1) is 9.11. The molecule has 0 fully saturated rings. The molecule has 0 aliphatic carbocycles. The van der Waals surface area contributed by atoms with Gasteiger partial charge in [-0.15, -0.1) is 11.3 Å². The van der Waals surface area contributed by atoms with E-state index >= 15 is 0 Å². The van der Waals surface area contributed by atoms with Crippen molar-refractivity contribution in [1.82, 2.24) is 9.30 Å². The SMILES string of the molecule is Cn1c(=O)n(O)c(=O)c2scc(-c3ccccc3)c21. The number of aryl methyl sites for hydroxylation is 1. The van der Waals surface area contributed by atoms with Crippen LogP contribution in [0.15, 0.2) is 45.3 Å². The Morgan fingerprint density at radius 1 is 1.16 bits per heavy atom. The van der Waals surface area contributed by atoms with E-state index in [-0.39, 0.29) is 4.73 Å². The maximum atomic E-state index is 11.9. The molecule has 5 nitrogen and oxygen atoms in total. The van der Waals surface area contributed by atoms with Crippen molar-refractivity contribution in [2.45, 2.75) is 0 Å². The minimum atomic E-state index is -0.743. The Balaban J connectivity index is 2.49. The largest absolute Gasteiger partial charge is 0.421 e. The fourth-order valence-electron chi connectivity index (χ4n) is 2.08. The highest BCUT2D eigenvalue weighted by atomic mass is 32.1. The quantitative estimate of drug-likeness (QED) is 0.686. The van der Waals surface area contributed by atoms with Gasteiger partial charge in [-0.2, -0.15) is 0 Å². The molecule has 1 N–H and O–H groups in total. The molecule has 96 valence electrons. The van der Waals surface area contributed by atoms with Gasteiger partial charge in [0.1, 0.15) is 4.70 Å². The van der Waals surface area contributed by atoms with E-state index in [1.165, 1.54) is 23.0 Å². The van der Waals surface area contributed by atoms with Gasteiger partial charge in [-0.05, 0) is 5.56 Å². The molecule has 0 unspecified atom stereocenters. The molecular formula is C13H10N2O3S. The van der Waals surface area contributed by atoms with Crippen molar-refractivity contribution in [3.05, 3.63) is 56.5 Å². The number of rotatable bonds is 1. The van der Waals surface area contributed by atoms with Gasteiger partial charge in [-0.1, -0.05) is 35.1 Å². The van der Waals surface area contributed by atoms with Crippen molar-refractivity contribution >= 4 is 21.6 Å². The predicted molar refractivity (Wildman–Crippen MR) is 73.9 cm³/mol. The van der Waals surface area contributed by atoms with Gasteiger partial charge < -0.3 is 5.21 Å². The predicted octanol–water partition coefficient (Wildman–Crippen LogP) is 1.67. The highest BCUT2D eigenvalue weighted by Crippen LogP contribution is 2.30. The third-order valence-electron chi connectivity index (χ3n) is 3.04. The zero-order valence-corrected chi connectivity index (χ0v) is 10.8. The molecule has 2 heterocycles. The Kier molecular flexibility index (Phi) is 2.53. The van der Waals surface area contributed by atoms with E-state index in [0.717, 1.165) is 11.1 Å². The fourth-order valence-corrected chi connectivity index (χ4v) is 3.11. The maximum absolute atomic E-state index is 11.9. The summed E-state index contributed by atoms with van der Waals surface area (Å²) in [6, 6.07) is 9.51. The van der Waals surface area contributed by atoms with Crippen LogP contribution in [0.2, 0.25) is 0 Å². The highest BCUT2D eigenvalue weighted by Gasteiger charge is 2.16. The number of hydrogen-bond acceptors (Lipinski definition) is 4. The van der Waals surface area contributed by atoms with Gasteiger partial charge in [0.25, 0.3) is 0 Å². The molecule has 0 bridgehead atoms. The summed E-state index contributed by atoms with van der Waals surface area (Å²) in [6.07, 6.45) is 0. The van der Waals surface area contributed by atoms with E-state index in [2.05, 4.69) is 0 Å². The Morgan fingerprint density at radius 2 is 1.84 bits per heavy atom. The van der Waals surface area contributed by atoms with Crippen molar-refractivity contribution in [3.8, 4) is 11.1 Å². The van der Waals surface area contributed by atoms with Crippen molar-refractivity contribution in [2.75, 3.05) is 0 Å². The number of thiophene rings is 1. The highest BCUT2D eigenvalue weighted by molar-refractivity contribution is 7.17. The zero-order valence-electron chi connectivity index (χ0n) is 10.0. The van der Waals surface area contributed by atoms with Gasteiger partial charge in [0.15, 0.2) is 0 Å².